The summed E-state index contributed by atoms with van der Waals surface area (Å²) in [5, 5.41) is 7.04. The van der Waals surface area contributed by atoms with Gasteiger partial charge in [-0.1, -0.05) is 6.92 Å². The standard InChI is InChI=1S/C11H21N5OS/c1-4-6-12-10(17)7-14(3)9-16-11(18)15(5-2)8-13-16/h8H,4-7,9H2,1-3H3,(H,12,17). The van der Waals surface area contributed by atoms with E-state index in [2.05, 4.69) is 10.4 Å². The molecule has 1 amide bonds. The maximum atomic E-state index is 11.5. The first-order valence-electron chi connectivity index (χ1n) is 6.16. The number of aromatic nitrogens is 3. The van der Waals surface area contributed by atoms with E-state index < -0.39 is 0 Å². The Balaban J connectivity index is 2.49. The minimum Gasteiger partial charge on any atom is -0.355 e. The second-order valence-electron chi connectivity index (χ2n) is 4.20. The second-order valence-corrected chi connectivity index (χ2v) is 4.57. The first kappa shape index (κ1) is 14.8. The summed E-state index contributed by atoms with van der Waals surface area (Å²) in [4.78, 5) is 13.4. The van der Waals surface area contributed by atoms with Gasteiger partial charge in [-0.15, -0.1) is 0 Å². The first-order chi connectivity index (χ1) is 8.58. The van der Waals surface area contributed by atoms with Crippen LogP contribution >= 0.6 is 12.2 Å². The molecule has 102 valence electrons. The number of nitrogens with zero attached hydrogens (tertiary/aromatic N) is 4. The lowest BCUT2D eigenvalue weighted by Crippen LogP contribution is -2.36. The molecule has 0 radical (unpaired) electrons. The quantitative estimate of drug-likeness (QED) is 0.747. The smallest absolute Gasteiger partial charge is 0.234 e. The minimum atomic E-state index is 0.0285. The number of aryl methyl sites for hydroxylation is 1. The third kappa shape index (κ3) is 4.23. The van der Waals surface area contributed by atoms with Crippen molar-refractivity contribution in [3.63, 3.8) is 0 Å². The topological polar surface area (TPSA) is 55.1 Å². The summed E-state index contributed by atoms with van der Waals surface area (Å²) in [7, 11) is 1.87. The van der Waals surface area contributed by atoms with Crippen molar-refractivity contribution >= 4 is 18.1 Å². The van der Waals surface area contributed by atoms with Crippen molar-refractivity contribution < 1.29 is 4.79 Å². The molecule has 7 heteroatoms. The molecular formula is C11H21N5OS. The highest BCUT2D eigenvalue weighted by Gasteiger charge is 2.08. The lowest BCUT2D eigenvalue weighted by Gasteiger charge is -2.15. The van der Waals surface area contributed by atoms with Gasteiger partial charge in [-0.05, 0) is 32.6 Å². The van der Waals surface area contributed by atoms with Gasteiger partial charge in [-0.25, -0.2) is 4.68 Å². The monoisotopic (exact) mass is 271 g/mol. The highest BCUT2D eigenvalue weighted by molar-refractivity contribution is 7.71. The Kier molecular flexibility index (Phi) is 6.00. The highest BCUT2D eigenvalue weighted by Crippen LogP contribution is 1.95. The van der Waals surface area contributed by atoms with E-state index in [1.807, 2.05) is 30.4 Å². The van der Waals surface area contributed by atoms with E-state index in [1.54, 1.807) is 11.0 Å². The van der Waals surface area contributed by atoms with Crippen LogP contribution in [0.5, 0.6) is 0 Å². The van der Waals surface area contributed by atoms with Gasteiger partial charge in [0.05, 0.1) is 13.2 Å². The SMILES string of the molecule is CCCNC(=O)CN(C)Cn1ncn(CC)c1=S. The van der Waals surface area contributed by atoms with Crippen molar-refractivity contribution in [2.45, 2.75) is 33.5 Å². The Bertz CT molecular complexity index is 439. The molecule has 0 atom stereocenters. The predicted octanol–water partition coefficient (Wildman–Crippen LogP) is 0.849. The van der Waals surface area contributed by atoms with Crippen LogP contribution in [0.4, 0.5) is 0 Å². The van der Waals surface area contributed by atoms with Crippen LogP contribution in [0, 0.1) is 4.77 Å². The van der Waals surface area contributed by atoms with Crippen molar-refractivity contribution in [1.29, 1.82) is 0 Å². The van der Waals surface area contributed by atoms with Gasteiger partial charge < -0.3 is 9.88 Å². The Hall–Kier alpha value is -1.21. The Morgan fingerprint density at radius 1 is 1.56 bits per heavy atom. The van der Waals surface area contributed by atoms with E-state index in [1.165, 1.54) is 0 Å². The second kappa shape index (κ2) is 7.27. The van der Waals surface area contributed by atoms with Crippen molar-refractivity contribution in [1.82, 2.24) is 24.6 Å². The van der Waals surface area contributed by atoms with Gasteiger partial charge in [0.25, 0.3) is 0 Å². The van der Waals surface area contributed by atoms with E-state index in [-0.39, 0.29) is 5.91 Å². The number of carbonyl (C=O) groups excluding carboxylic acids is 1. The average Bonchev–Trinajstić information content (AvgIpc) is 2.67. The highest BCUT2D eigenvalue weighted by atomic mass is 32.1. The molecule has 0 bridgehead atoms. The summed E-state index contributed by atoms with van der Waals surface area (Å²) >= 11 is 5.26. The summed E-state index contributed by atoms with van der Waals surface area (Å²) in [6.45, 7) is 6.44. The maximum absolute atomic E-state index is 11.5. The molecule has 1 aromatic rings. The number of hydrogen-bond acceptors (Lipinski definition) is 4. The van der Waals surface area contributed by atoms with Crippen molar-refractivity contribution in [3.8, 4) is 0 Å². The molecule has 1 rings (SSSR count). The Morgan fingerprint density at radius 3 is 2.83 bits per heavy atom. The van der Waals surface area contributed by atoms with Crippen LogP contribution in [-0.2, 0) is 18.0 Å². The maximum Gasteiger partial charge on any atom is 0.234 e. The summed E-state index contributed by atoms with van der Waals surface area (Å²) in [5.41, 5.74) is 0. The van der Waals surface area contributed by atoms with Crippen LogP contribution in [-0.4, -0.2) is 45.3 Å². The summed E-state index contributed by atoms with van der Waals surface area (Å²) in [6, 6.07) is 0. The fraction of sp³-hybridized carbons (Fsp3) is 0.727. The number of nitrogens with one attached hydrogen (secondary N) is 1. The summed E-state index contributed by atoms with van der Waals surface area (Å²) in [6.07, 6.45) is 2.66. The van der Waals surface area contributed by atoms with E-state index in [4.69, 9.17) is 12.2 Å². The molecule has 0 spiro atoms. The number of amides is 1. The van der Waals surface area contributed by atoms with Gasteiger partial charge in [-0.2, -0.15) is 5.10 Å². The van der Waals surface area contributed by atoms with Gasteiger partial charge in [0.1, 0.15) is 6.33 Å². The van der Waals surface area contributed by atoms with Crippen LogP contribution in [0.1, 0.15) is 20.3 Å². The van der Waals surface area contributed by atoms with Gasteiger partial charge in [0.2, 0.25) is 5.91 Å². The molecular weight excluding hydrogens is 250 g/mol. The molecule has 1 heterocycles. The lowest BCUT2D eigenvalue weighted by atomic mass is 10.4. The zero-order valence-corrected chi connectivity index (χ0v) is 12.0. The van der Waals surface area contributed by atoms with E-state index in [0.717, 1.165) is 19.5 Å². The fourth-order valence-corrected chi connectivity index (χ4v) is 1.81. The van der Waals surface area contributed by atoms with Gasteiger partial charge in [0.15, 0.2) is 4.77 Å². The Morgan fingerprint density at radius 2 is 2.28 bits per heavy atom. The van der Waals surface area contributed by atoms with Gasteiger partial charge in [-0.3, -0.25) is 9.69 Å². The number of carbonyl (C=O) groups is 1. The largest absolute Gasteiger partial charge is 0.355 e. The van der Waals surface area contributed by atoms with Crippen LogP contribution in [0.3, 0.4) is 0 Å². The van der Waals surface area contributed by atoms with Gasteiger partial charge >= 0.3 is 0 Å². The van der Waals surface area contributed by atoms with Gasteiger partial charge in [0, 0.05) is 13.1 Å². The molecule has 6 nitrogen and oxygen atoms in total. The molecule has 0 saturated heterocycles. The van der Waals surface area contributed by atoms with Crippen molar-refractivity contribution in [2.75, 3.05) is 20.1 Å². The first-order valence-corrected chi connectivity index (χ1v) is 6.56. The third-order valence-electron chi connectivity index (χ3n) is 2.50. The van der Waals surface area contributed by atoms with Crippen LogP contribution in [0.15, 0.2) is 6.33 Å². The zero-order valence-electron chi connectivity index (χ0n) is 11.2. The number of likely N-dealkylation sites (N-methyl/N-ethyl adjacent to an activating group) is 1. The molecule has 1 aromatic heterocycles. The normalized spacial score (nSPS) is 10.9. The molecule has 18 heavy (non-hydrogen) atoms. The zero-order chi connectivity index (χ0) is 13.5. The van der Waals surface area contributed by atoms with E-state index >= 15 is 0 Å². The Labute approximate surface area is 113 Å². The lowest BCUT2D eigenvalue weighted by molar-refractivity contribution is -0.122. The van der Waals surface area contributed by atoms with Crippen LogP contribution in [0.2, 0.25) is 0 Å². The van der Waals surface area contributed by atoms with Crippen molar-refractivity contribution in [3.05, 3.63) is 11.1 Å². The van der Waals surface area contributed by atoms with E-state index in [0.29, 0.717) is 18.0 Å². The molecule has 0 unspecified atom stereocenters. The summed E-state index contributed by atoms with van der Waals surface area (Å²) < 4.78 is 4.28. The molecule has 0 aromatic carbocycles. The molecule has 0 saturated carbocycles. The summed E-state index contributed by atoms with van der Waals surface area (Å²) in [5.74, 6) is 0.0285. The third-order valence-corrected chi connectivity index (χ3v) is 2.94. The van der Waals surface area contributed by atoms with E-state index in [9.17, 15) is 4.79 Å². The molecule has 0 fully saturated rings. The van der Waals surface area contributed by atoms with Crippen LogP contribution < -0.4 is 5.32 Å². The average molecular weight is 271 g/mol. The molecule has 0 aliphatic rings. The predicted molar refractivity (Wildman–Crippen MR) is 72.7 cm³/mol. The molecule has 0 aliphatic heterocycles. The van der Waals surface area contributed by atoms with Crippen molar-refractivity contribution in [2.24, 2.45) is 0 Å². The number of hydrogen-bond donors (Lipinski definition) is 1. The minimum absolute atomic E-state index is 0.0285. The van der Waals surface area contributed by atoms with Crippen LogP contribution in [0.25, 0.3) is 0 Å². The molecule has 0 aliphatic carbocycles. The number of rotatable bonds is 7. The fourth-order valence-electron chi connectivity index (χ4n) is 1.53. The molecule has 1 N–H and O–H groups in total.